The van der Waals surface area contributed by atoms with E-state index in [1.165, 1.54) is 38.8 Å². The standard InChI is InChI=1S/C16H31N3O.2C2HF3O2/c1-14(2)15(20)18-10-7-16(8-11-18)6-5-9-19(16)13-12-17(3)4;2*3-2(4,5)1(6)7/h14H,5-13H2,1-4H3;2*(H,6,7). The molecule has 0 aliphatic carbocycles. The quantitative estimate of drug-likeness (QED) is 0.562. The molecule has 2 saturated heterocycles. The molecule has 2 fully saturated rings. The third-order valence-corrected chi connectivity index (χ3v) is 5.54. The second-order valence-electron chi connectivity index (χ2n) is 8.70. The van der Waals surface area contributed by atoms with E-state index >= 15 is 0 Å². The third-order valence-electron chi connectivity index (χ3n) is 5.54. The van der Waals surface area contributed by atoms with E-state index in [0.717, 1.165) is 19.6 Å². The van der Waals surface area contributed by atoms with Crippen molar-refractivity contribution in [1.29, 1.82) is 0 Å². The monoisotopic (exact) mass is 509 g/mol. The zero-order valence-electron chi connectivity index (χ0n) is 19.7. The Hall–Kier alpha value is -2.09. The second-order valence-corrected chi connectivity index (χ2v) is 8.70. The number of carbonyl (C=O) groups is 3. The normalized spacial score (nSPS) is 18.3. The highest BCUT2D eigenvalue weighted by Crippen LogP contribution is 2.38. The molecule has 14 heteroatoms. The Morgan fingerprint density at radius 1 is 0.882 bits per heavy atom. The number of likely N-dealkylation sites (tertiary alicyclic amines) is 2. The lowest BCUT2D eigenvalue weighted by Gasteiger charge is -2.45. The van der Waals surface area contributed by atoms with E-state index in [1.54, 1.807) is 0 Å². The SMILES string of the molecule is CC(C)C(=O)N1CCC2(CCCN2CCN(C)C)CC1.O=C(O)C(F)(F)F.O=C(O)C(F)(F)F. The molecule has 0 saturated carbocycles. The number of piperidine rings is 1. The van der Waals surface area contributed by atoms with Crippen LogP contribution in [0, 0.1) is 5.92 Å². The highest BCUT2D eigenvalue weighted by Gasteiger charge is 2.43. The molecule has 0 radical (unpaired) electrons. The molecular weight excluding hydrogens is 476 g/mol. The van der Waals surface area contributed by atoms with E-state index in [4.69, 9.17) is 19.8 Å². The number of halogens is 6. The molecule has 8 nitrogen and oxygen atoms in total. The zero-order chi connectivity index (χ0) is 26.9. The Labute approximate surface area is 194 Å². The lowest BCUT2D eigenvalue weighted by atomic mass is 9.84. The van der Waals surface area contributed by atoms with Crippen molar-refractivity contribution >= 4 is 17.8 Å². The van der Waals surface area contributed by atoms with Crippen molar-refractivity contribution in [2.75, 3.05) is 46.8 Å². The molecule has 2 heterocycles. The van der Waals surface area contributed by atoms with Crippen LogP contribution in [-0.4, -0.2) is 107 Å². The predicted octanol–water partition coefficient (Wildman–Crippen LogP) is 2.93. The summed E-state index contributed by atoms with van der Waals surface area (Å²) in [6.07, 6.45) is -5.19. The number of hydrogen-bond donors (Lipinski definition) is 2. The summed E-state index contributed by atoms with van der Waals surface area (Å²) < 4.78 is 63.5. The van der Waals surface area contributed by atoms with Crippen LogP contribution in [0.15, 0.2) is 0 Å². The Morgan fingerprint density at radius 3 is 1.62 bits per heavy atom. The number of amides is 1. The Bertz CT molecular complexity index is 651. The van der Waals surface area contributed by atoms with Gasteiger partial charge in [0.25, 0.3) is 0 Å². The minimum Gasteiger partial charge on any atom is -0.475 e. The van der Waals surface area contributed by atoms with Gasteiger partial charge in [0.15, 0.2) is 0 Å². The maximum atomic E-state index is 12.1. The van der Waals surface area contributed by atoms with Crippen molar-refractivity contribution in [2.24, 2.45) is 5.92 Å². The molecule has 0 aromatic carbocycles. The molecule has 200 valence electrons. The van der Waals surface area contributed by atoms with Gasteiger partial charge in [0, 0.05) is 37.6 Å². The second kappa shape index (κ2) is 13.1. The van der Waals surface area contributed by atoms with Gasteiger partial charge in [-0.25, -0.2) is 9.59 Å². The molecule has 2 rings (SSSR count). The Morgan fingerprint density at radius 2 is 1.29 bits per heavy atom. The number of carbonyl (C=O) groups excluding carboxylic acids is 1. The third kappa shape index (κ3) is 10.9. The summed E-state index contributed by atoms with van der Waals surface area (Å²) in [4.78, 5) is 36.9. The number of carboxylic acid groups (broad SMARTS) is 2. The van der Waals surface area contributed by atoms with Crippen molar-refractivity contribution < 1.29 is 50.9 Å². The summed E-state index contributed by atoms with van der Waals surface area (Å²) in [7, 11) is 4.29. The number of aliphatic carboxylic acids is 2. The summed E-state index contributed by atoms with van der Waals surface area (Å²) in [6, 6.07) is 0. The van der Waals surface area contributed by atoms with Crippen molar-refractivity contribution in [2.45, 2.75) is 57.4 Å². The summed E-state index contributed by atoms with van der Waals surface area (Å²) in [5, 5.41) is 14.2. The van der Waals surface area contributed by atoms with E-state index in [-0.39, 0.29) is 5.92 Å². The van der Waals surface area contributed by atoms with Crippen LogP contribution in [0.25, 0.3) is 0 Å². The van der Waals surface area contributed by atoms with Gasteiger partial charge in [-0.1, -0.05) is 13.8 Å². The number of hydrogen-bond acceptors (Lipinski definition) is 5. The summed E-state index contributed by atoms with van der Waals surface area (Å²) in [5.41, 5.74) is 0.393. The van der Waals surface area contributed by atoms with Crippen molar-refractivity contribution in [3.63, 3.8) is 0 Å². The lowest BCUT2D eigenvalue weighted by molar-refractivity contribution is -0.193. The molecule has 1 amide bonds. The first-order chi connectivity index (χ1) is 15.3. The zero-order valence-corrected chi connectivity index (χ0v) is 19.7. The smallest absolute Gasteiger partial charge is 0.475 e. The maximum absolute atomic E-state index is 12.1. The molecule has 2 aliphatic rings. The van der Waals surface area contributed by atoms with E-state index < -0.39 is 24.3 Å². The average molecular weight is 509 g/mol. The molecule has 2 aliphatic heterocycles. The van der Waals surface area contributed by atoms with Gasteiger partial charge in [-0.15, -0.1) is 0 Å². The van der Waals surface area contributed by atoms with Crippen molar-refractivity contribution in [1.82, 2.24) is 14.7 Å². The van der Waals surface area contributed by atoms with Gasteiger partial charge in [0.05, 0.1) is 0 Å². The van der Waals surface area contributed by atoms with Gasteiger partial charge in [0.1, 0.15) is 0 Å². The van der Waals surface area contributed by atoms with Crippen LogP contribution in [0.4, 0.5) is 26.3 Å². The minimum absolute atomic E-state index is 0.137. The van der Waals surface area contributed by atoms with Crippen LogP contribution in [-0.2, 0) is 14.4 Å². The molecule has 0 aromatic rings. The summed E-state index contributed by atoms with van der Waals surface area (Å²) in [6.45, 7) is 9.47. The fourth-order valence-corrected chi connectivity index (χ4v) is 3.74. The first-order valence-corrected chi connectivity index (χ1v) is 10.6. The molecular formula is C20H33F6N3O5. The Kier molecular flexibility index (Phi) is 12.3. The first-order valence-electron chi connectivity index (χ1n) is 10.6. The molecule has 0 aromatic heterocycles. The summed E-state index contributed by atoms with van der Waals surface area (Å²) in [5.74, 6) is -5.05. The van der Waals surface area contributed by atoms with Gasteiger partial charge in [-0.2, -0.15) is 26.3 Å². The predicted molar refractivity (Wildman–Crippen MR) is 110 cm³/mol. The fourth-order valence-electron chi connectivity index (χ4n) is 3.74. The number of likely N-dealkylation sites (N-methyl/N-ethyl adjacent to an activating group) is 1. The van der Waals surface area contributed by atoms with E-state index in [0.29, 0.717) is 11.4 Å². The van der Waals surface area contributed by atoms with Gasteiger partial charge in [0.2, 0.25) is 5.91 Å². The topological polar surface area (TPSA) is 101 Å². The number of carboxylic acids is 2. The largest absolute Gasteiger partial charge is 0.490 e. The lowest BCUT2D eigenvalue weighted by Crippen LogP contribution is -2.54. The first kappa shape index (κ1) is 31.9. The van der Waals surface area contributed by atoms with Gasteiger partial charge in [-0.05, 0) is 46.3 Å². The maximum Gasteiger partial charge on any atom is 0.490 e. The van der Waals surface area contributed by atoms with Gasteiger partial charge < -0.3 is 20.0 Å². The van der Waals surface area contributed by atoms with Crippen LogP contribution in [0.1, 0.15) is 39.5 Å². The van der Waals surface area contributed by atoms with E-state index in [9.17, 15) is 31.1 Å². The fraction of sp³-hybridized carbons (Fsp3) is 0.850. The van der Waals surface area contributed by atoms with Gasteiger partial charge >= 0.3 is 24.3 Å². The van der Waals surface area contributed by atoms with Crippen LogP contribution in [0.2, 0.25) is 0 Å². The average Bonchev–Trinajstić information content (AvgIpc) is 3.07. The van der Waals surface area contributed by atoms with E-state index in [1.807, 2.05) is 13.8 Å². The van der Waals surface area contributed by atoms with Crippen LogP contribution >= 0.6 is 0 Å². The highest BCUT2D eigenvalue weighted by atomic mass is 19.4. The summed E-state index contributed by atoms with van der Waals surface area (Å²) >= 11 is 0. The van der Waals surface area contributed by atoms with Crippen LogP contribution in [0.5, 0.6) is 0 Å². The molecule has 0 unspecified atom stereocenters. The van der Waals surface area contributed by atoms with Crippen LogP contribution < -0.4 is 0 Å². The Balaban J connectivity index is 0.000000642. The van der Waals surface area contributed by atoms with E-state index in [2.05, 4.69) is 28.8 Å². The number of nitrogens with zero attached hydrogens (tertiary/aromatic N) is 3. The molecule has 1 spiro atoms. The molecule has 0 atom stereocenters. The van der Waals surface area contributed by atoms with Crippen molar-refractivity contribution in [3.05, 3.63) is 0 Å². The van der Waals surface area contributed by atoms with Crippen LogP contribution in [0.3, 0.4) is 0 Å². The number of rotatable bonds is 4. The minimum atomic E-state index is -5.08. The number of alkyl halides is 6. The molecule has 34 heavy (non-hydrogen) atoms. The highest BCUT2D eigenvalue weighted by molar-refractivity contribution is 5.78. The van der Waals surface area contributed by atoms with Gasteiger partial charge in [-0.3, -0.25) is 9.69 Å². The molecule has 2 N–H and O–H groups in total. The van der Waals surface area contributed by atoms with Crippen molar-refractivity contribution in [3.8, 4) is 0 Å². The molecule has 0 bridgehead atoms.